The number of nitrogens with zero attached hydrogens (tertiary/aromatic N) is 2. The van der Waals surface area contributed by atoms with Crippen LogP contribution in [-0.2, 0) is 0 Å². The molecule has 0 aliphatic heterocycles. The summed E-state index contributed by atoms with van der Waals surface area (Å²) in [7, 11) is 1.58. The van der Waals surface area contributed by atoms with Crippen LogP contribution in [0.2, 0.25) is 0 Å². The van der Waals surface area contributed by atoms with Crippen molar-refractivity contribution in [2.75, 3.05) is 18.3 Å². The van der Waals surface area contributed by atoms with E-state index in [1.165, 1.54) is 17.5 Å². The number of nitrogens with one attached hydrogen (secondary N) is 1. The van der Waals surface area contributed by atoms with Gasteiger partial charge in [-0.25, -0.2) is 10.5 Å². The van der Waals surface area contributed by atoms with Gasteiger partial charge >= 0.3 is 0 Å². The van der Waals surface area contributed by atoms with Crippen molar-refractivity contribution in [3.05, 3.63) is 60.3 Å². The largest absolute Gasteiger partial charge is 0.497 e. The summed E-state index contributed by atoms with van der Waals surface area (Å²) in [6, 6.07) is 13.9. The van der Waals surface area contributed by atoms with Crippen molar-refractivity contribution in [2.24, 2.45) is 5.73 Å². The summed E-state index contributed by atoms with van der Waals surface area (Å²) in [4.78, 5) is 26.7. The first-order valence-electron chi connectivity index (χ1n) is 8.73. The standard InChI is InChI=1S/C20H17N5O4S/c1-27-12-5-7-13(8-6-12)29-25-16-15(18(22)26)10-23-19-17(16)24-20(30-19)28-14-4-2-3-11(21)9-14/h2-10H,21H2,1H3,(H2,22,26)(H,23,25). The van der Waals surface area contributed by atoms with Crippen molar-refractivity contribution in [3.8, 4) is 22.4 Å². The van der Waals surface area contributed by atoms with Gasteiger partial charge in [0.25, 0.3) is 11.1 Å². The third kappa shape index (κ3) is 4.03. The van der Waals surface area contributed by atoms with Gasteiger partial charge in [-0.3, -0.25) is 4.79 Å². The lowest BCUT2D eigenvalue weighted by atomic mass is 10.2. The predicted molar refractivity (Wildman–Crippen MR) is 114 cm³/mol. The second kappa shape index (κ2) is 8.13. The second-order valence-electron chi connectivity index (χ2n) is 6.10. The maximum absolute atomic E-state index is 11.9. The average Bonchev–Trinajstić information content (AvgIpc) is 3.14. The molecule has 0 spiro atoms. The average molecular weight is 423 g/mol. The SMILES string of the molecule is COc1ccc(ONc2c(C(N)=O)cnc3sc(Oc4cccc(N)c4)nc23)cc1. The maximum Gasteiger partial charge on any atom is 0.281 e. The predicted octanol–water partition coefficient (Wildman–Crippen LogP) is 3.58. The number of fused-ring (bicyclic) bond motifs is 1. The molecule has 0 atom stereocenters. The Bertz CT molecular complexity index is 1210. The molecule has 2 heterocycles. The fraction of sp³-hybridized carbons (Fsp3) is 0.0500. The highest BCUT2D eigenvalue weighted by Gasteiger charge is 2.19. The third-order valence-corrected chi connectivity index (χ3v) is 4.91. The summed E-state index contributed by atoms with van der Waals surface area (Å²) in [5.74, 6) is 1.06. The number of rotatable bonds is 7. The molecule has 0 saturated carbocycles. The van der Waals surface area contributed by atoms with Gasteiger partial charge in [-0.1, -0.05) is 17.4 Å². The quantitative estimate of drug-likeness (QED) is 0.303. The van der Waals surface area contributed by atoms with Crippen LogP contribution in [0, 0.1) is 0 Å². The summed E-state index contributed by atoms with van der Waals surface area (Å²) >= 11 is 1.21. The lowest BCUT2D eigenvalue weighted by Gasteiger charge is -2.11. The first-order chi connectivity index (χ1) is 14.5. The molecule has 0 aliphatic rings. The van der Waals surface area contributed by atoms with Gasteiger partial charge in [0.1, 0.15) is 27.5 Å². The number of ether oxygens (including phenoxy) is 2. The number of carbonyl (C=O) groups is 1. The molecule has 0 radical (unpaired) electrons. The fourth-order valence-corrected chi connectivity index (χ4v) is 3.41. The highest BCUT2D eigenvalue weighted by molar-refractivity contribution is 7.19. The zero-order valence-corrected chi connectivity index (χ0v) is 16.6. The number of hydrogen-bond donors (Lipinski definition) is 3. The normalized spacial score (nSPS) is 10.6. The summed E-state index contributed by atoms with van der Waals surface area (Å²) in [5, 5.41) is 0.331. The Morgan fingerprint density at radius 3 is 2.57 bits per heavy atom. The molecule has 0 saturated heterocycles. The summed E-state index contributed by atoms with van der Waals surface area (Å²) in [6.07, 6.45) is 1.37. The molecular weight excluding hydrogens is 406 g/mol. The summed E-state index contributed by atoms with van der Waals surface area (Å²) < 4.78 is 10.9. The van der Waals surface area contributed by atoms with Crippen molar-refractivity contribution in [2.45, 2.75) is 0 Å². The zero-order valence-electron chi connectivity index (χ0n) is 15.8. The molecule has 1 amide bonds. The minimum atomic E-state index is -0.670. The van der Waals surface area contributed by atoms with E-state index in [2.05, 4.69) is 15.4 Å². The topological polar surface area (TPSA) is 135 Å². The molecule has 0 fully saturated rings. The van der Waals surface area contributed by atoms with Crippen molar-refractivity contribution < 1.29 is 19.1 Å². The number of nitrogens with two attached hydrogens (primary N) is 2. The van der Waals surface area contributed by atoms with Crippen molar-refractivity contribution in [3.63, 3.8) is 0 Å². The summed E-state index contributed by atoms with van der Waals surface area (Å²) in [5.41, 5.74) is 15.4. The number of hydrogen-bond acceptors (Lipinski definition) is 9. The Labute approximate surface area is 175 Å². The van der Waals surface area contributed by atoms with E-state index in [-0.39, 0.29) is 5.56 Å². The lowest BCUT2D eigenvalue weighted by molar-refractivity contribution is 0.100. The van der Waals surface area contributed by atoms with E-state index >= 15 is 0 Å². The molecule has 4 aromatic rings. The van der Waals surface area contributed by atoms with Gasteiger partial charge in [0.2, 0.25) is 0 Å². The minimum absolute atomic E-state index is 0.136. The molecular formula is C20H17N5O4S. The Hall–Kier alpha value is -4.05. The first kappa shape index (κ1) is 19.3. The number of aromatic nitrogens is 2. The highest BCUT2D eigenvalue weighted by Crippen LogP contribution is 2.35. The van der Waals surface area contributed by atoms with Crippen LogP contribution >= 0.6 is 11.3 Å². The number of anilines is 2. The molecule has 0 aliphatic carbocycles. The molecule has 5 N–H and O–H groups in total. The van der Waals surface area contributed by atoms with Gasteiger partial charge in [-0.05, 0) is 36.4 Å². The van der Waals surface area contributed by atoms with Crippen LogP contribution in [0.5, 0.6) is 22.4 Å². The van der Waals surface area contributed by atoms with E-state index in [1.807, 2.05) is 0 Å². The van der Waals surface area contributed by atoms with Crippen molar-refractivity contribution in [1.29, 1.82) is 0 Å². The Kier molecular flexibility index (Phi) is 5.22. The Morgan fingerprint density at radius 2 is 1.87 bits per heavy atom. The van der Waals surface area contributed by atoms with Crippen molar-refractivity contribution in [1.82, 2.24) is 9.97 Å². The van der Waals surface area contributed by atoms with Crippen LogP contribution in [0.3, 0.4) is 0 Å². The lowest BCUT2D eigenvalue weighted by Crippen LogP contribution is -2.16. The first-order valence-corrected chi connectivity index (χ1v) is 9.55. The molecule has 10 heteroatoms. The van der Waals surface area contributed by atoms with E-state index in [1.54, 1.807) is 55.6 Å². The van der Waals surface area contributed by atoms with Crippen LogP contribution in [0.1, 0.15) is 10.4 Å². The van der Waals surface area contributed by atoms with Crippen LogP contribution < -0.4 is 31.3 Å². The molecule has 152 valence electrons. The number of thiazole rings is 1. The number of methoxy groups -OCH3 is 1. The smallest absolute Gasteiger partial charge is 0.281 e. The van der Waals surface area contributed by atoms with Gasteiger partial charge in [0.15, 0.2) is 5.75 Å². The minimum Gasteiger partial charge on any atom is -0.497 e. The molecule has 0 unspecified atom stereocenters. The van der Waals surface area contributed by atoms with Crippen LogP contribution in [0.4, 0.5) is 11.4 Å². The van der Waals surface area contributed by atoms with E-state index in [0.717, 1.165) is 0 Å². The number of carbonyl (C=O) groups excluding carboxylic acids is 1. The van der Waals surface area contributed by atoms with Gasteiger partial charge in [0.05, 0.1) is 12.7 Å². The monoisotopic (exact) mass is 423 g/mol. The molecule has 4 rings (SSSR count). The van der Waals surface area contributed by atoms with Gasteiger partial charge in [-0.15, -0.1) is 0 Å². The van der Waals surface area contributed by atoms with E-state index in [9.17, 15) is 4.79 Å². The third-order valence-electron chi connectivity index (χ3n) is 4.07. The molecule has 30 heavy (non-hydrogen) atoms. The van der Waals surface area contributed by atoms with Gasteiger partial charge < -0.3 is 25.8 Å². The number of amides is 1. The van der Waals surface area contributed by atoms with Crippen LogP contribution in [0.25, 0.3) is 10.3 Å². The Morgan fingerprint density at radius 1 is 1.10 bits per heavy atom. The molecule has 0 bridgehead atoms. The highest BCUT2D eigenvalue weighted by atomic mass is 32.1. The second-order valence-corrected chi connectivity index (χ2v) is 7.04. The zero-order chi connectivity index (χ0) is 21.1. The van der Waals surface area contributed by atoms with E-state index in [0.29, 0.717) is 44.2 Å². The Balaban J connectivity index is 1.65. The van der Waals surface area contributed by atoms with E-state index < -0.39 is 5.91 Å². The van der Waals surface area contributed by atoms with Gasteiger partial charge in [-0.2, -0.15) is 4.98 Å². The summed E-state index contributed by atoms with van der Waals surface area (Å²) in [6.45, 7) is 0. The van der Waals surface area contributed by atoms with E-state index in [4.69, 9.17) is 25.8 Å². The number of benzene rings is 2. The van der Waals surface area contributed by atoms with Gasteiger partial charge in [0, 0.05) is 18.0 Å². The molecule has 9 nitrogen and oxygen atoms in total. The molecule has 2 aromatic carbocycles. The molecule has 2 aromatic heterocycles. The number of primary amides is 1. The van der Waals surface area contributed by atoms with Crippen molar-refractivity contribution >= 4 is 39.0 Å². The number of nitrogen functional groups attached to an aromatic ring is 1. The number of pyridine rings is 1. The van der Waals surface area contributed by atoms with Crippen LogP contribution in [0.15, 0.2) is 54.7 Å². The van der Waals surface area contributed by atoms with Crippen LogP contribution in [-0.4, -0.2) is 23.0 Å². The fourth-order valence-electron chi connectivity index (χ4n) is 2.62. The maximum atomic E-state index is 11.9.